The van der Waals surface area contributed by atoms with Crippen molar-refractivity contribution < 1.29 is 47.6 Å². The van der Waals surface area contributed by atoms with Crippen molar-refractivity contribution >= 4 is 23.9 Å². The van der Waals surface area contributed by atoms with Gasteiger partial charge in [-0.25, -0.2) is 0 Å². The van der Waals surface area contributed by atoms with E-state index in [-0.39, 0.29) is 18.8 Å². The maximum Gasteiger partial charge on any atom is 0.308 e. The zero-order valence-electron chi connectivity index (χ0n) is 26.8. The van der Waals surface area contributed by atoms with Crippen LogP contribution in [0.2, 0.25) is 0 Å². The molecule has 0 bridgehead atoms. The molecule has 9 atom stereocenters. The highest BCUT2D eigenvalue weighted by molar-refractivity contribution is 5.71. The zero-order chi connectivity index (χ0) is 32.1. The molecule has 0 aromatic carbocycles. The van der Waals surface area contributed by atoms with Crippen LogP contribution in [0.5, 0.6) is 0 Å². The van der Waals surface area contributed by atoms with Crippen molar-refractivity contribution in [3.8, 4) is 0 Å². The second-order valence-electron chi connectivity index (χ2n) is 12.2. The van der Waals surface area contributed by atoms with Gasteiger partial charge in [0.2, 0.25) is 12.6 Å². The molecule has 1 heterocycles. The van der Waals surface area contributed by atoms with Gasteiger partial charge in [-0.15, -0.1) is 0 Å². The predicted molar refractivity (Wildman–Crippen MR) is 157 cm³/mol. The number of ether oxygens (including phenoxy) is 6. The van der Waals surface area contributed by atoms with Crippen molar-refractivity contribution in [1.29, 1.82) is 0 Å². The predicted octanol–water partition coefficient (Wildman–Crippen LogP) is 5.34. The Morgan fingerprint density at radius 3 is 2.14 bits per heavy atom. The Morgan fingerprint density at radius 2 is 1.60 bits per heavy atom. The quantitative estimate of drug-likeness (QED) is 0.125. The third-order valence-corrected chi connectivity index (χ3v) is 9.37. The van der Waals surface area contributed by atoms with Crippen LogP contribution in [0.25, 0.3) is 0 Å². The van der Waals surface area contributed by atoms with Crippen molar-refractivity contribution in [3.63, 3.8) is 0 Å². The lowest BCUT2D eigenvalue weighted by Gasteiger charge is -2.62. The number of carbonyl (C=O) groups is 4. The molecule has 0 radical (unpaired) electrons. The van der Waals surface area contributed by atoms with Crippen molar-refractivity contribution in [2.24, 2.45) is 22.7 Å². The summed E-state index contributed by atoms with van der Waals surface area (Å²) in [4.78, 5) is 51.3. The Balaban J connectivity index is 2.39. The molecule has 3 aliphatic rings. The number of hydrogen-bond donors (Lipinski definition) is 0. The van der Waals surface area contributed by atoms with Gasteiger partial charge in [-0.05, 0) is 50.0 Å². The van der Waals surface area contributed by atoms with E-state index in [4.69, 9.17) is 28.4 Å². The van der Waals surface area contributed by atoms with Crippen LogP contribution >= 0.6 is 0 Å². The second kappa shape index (κ2) is 14.2. The Bertz CT molecular complexity index is 1140. The van der Waals surface area contributed by atoms with Crippen molar-refractivity contribution in [3.05, 3.63) is 36.0 Å². The van der Waals surface area contributed by atoms with E-state index in [0.29, 0.717) is 31.3 Å². The molecule has 1 spiro atoms. The van der Waals surface area contributed by atoms with Gasteiger partial charge in [-0.3, -0.25) is 23.9 Å². The molecule has 1 saturated heterocycles. The Labute approximate surface area is 255 Å². The summed E-state index contributed by atoms with van der Waals surface area (Å²) in [6.07, 6.45) is 3.07. The highest BCUT2D eigenvalue weighted by Crippen LogP contribution is 2.68. The highest BCUT2D eigenvalue weighted by atomic mass is 16.8. The van der Waals surface area contributed by atoms with E-state index in [1.165, 1.54) is 13.8 Å². The standard InChI is InChI=1S/C33H48O10/c1-10-13-26(36)41-28-20(5)32(8,16-15-19(4)12-3)25-18-23(38-9)17-24-30(42-27(37)14-11-2)43-31(40-22(7)35)33(24,25)29(28)39-21(6)34/h12,15,17,20,23,25,28-31H,3,10-11,13-14,16,18H2,1-2,4-9H3. The van der Waals surface area contributed by atoms with E-state index in [2.05, 4.69) is 19.6 Å². The van der Waals surface area contributed by atoms with Gasteiger partial charge in [0, 0.05) is 45.3 Å². The van der Waals surface area contributed by atoms with Gasteiger partial charge in [-0.2, -0.15) is 0 Å². The van der Waals surface area contributed by atoms with Gasteiger partial charge in [0.15, 0.2) is 6.10 Å². The van der Waals surface area contributed by atoms with E-state index in [1.807, 2.05) is 33.8 Å². The molecule has 2 aliphatic carbocycles. The summed E-state index contributed by atoms with van der Waals surface area (Å²) in [6, 6.07) is 0. The molecule has 0 aromatic rings. The molecule has 0 aromatic heterocycles. The van der Waals surface area contributed by atoms with Crippen LogP contribution in [0, 0.1) is 22.7 Å². The third kappa shape index (κ3) is 6.75. The number of hydrogen-bond acceptors (Lipinski definition) is 10. The number of esters is 4. The lowest BCUT2D eigenvalue weighted by Crippen LogP contribution is -2.69. The van der Waals surface area contributed by atoms with Gasteiger partial charge >= 0.3 is 23.9 Å². The molecule has 0 N–H and O–H groups in total. The van der Waals surface area contributed by atoms with E-state index in [0.717, 1.165) is 5.57 Å². The van der Waals surface area contributed by atoms with Gasteiger partial charge in [0.05, 0.1) is 6.10 Å². The largest absolute Gasteiger partial charge is 0.458 e. The van der Waals surface area contributed by atoms with Crippen molar-refractivity contribution in [2.45, 2.75) is 118 Å². The van der Waals surface area contributed by atoms with Gasteiger partial charge < -0.3 is 23.7 Å². The van der Waals surface area contributed by atoms with Crippen molar-refractivity contribution in [1.82, 2.24) is 0 Å². The number of allylic oxidation sites excluding steroid dienone is 3. The third-order valence-electron chi connectivity index (χ3n) is 9.37. The van der Waals surface area contributed by atoms with Crippen LogP contribution in [-0.4, -0.2) is 61.9 Å². The number of methoxy groups -OCH3 is 1. The molecule has 0 amide bonds. The van der Waals surface area contributed by atoms with Crippen LogP contribution in [0.15, 0.2) is 36.0 Å². The SMILES string of the molecule is C=CC(C)=CCC1(C)C(C)C(OC(=O)CCC)C(OC(C)=O)C23C(=CC(OC)CC12)C(OC(=O)CCC)OC3OC(C)=O. The fourth-order valence-corrected chi connectivity index (χ4v) is 7.09. The van der Waals surface area contributed by atoms with Crippen LogP contribution in [0.1, 0.15) is 87.0 Å². The first-order valence-corrected chi connectivity index (χ1v) is 15.2. The Hall–Kier alpha value is -2.98. The molecule has 10 heteroatoms. The minimum Gasteiger partial charge on any atom is -0.458 e. The fourth-order valence-electron chi connectivity index (χ4n) is 7.09. The summed E-state index contributed by atoms with van der Waals surface area (Å²) in [5.74, 6) is -2.90. The zero-order valence-corrected chi connectivity index (χ0v) is 26.8. The lowest BCUT2D eigenvalue weighted by molar-refractivity contribution is -0.279. The number of carbonyl (C=O) groups excluding carboxylic acids is 4. The first kappa shape index (κ1) is 34.5. The molecule has 43 heavy (non-hydrogen) atoms. The topological polar surface area (TPSA) is 124 Å². The normalized spacial score (nSPS) is 35.1. The summed E-state index contributed by atoms with van der Waals surface area (Å²) >= 11 is 0. The van der Waals surface area contributed by atoms with E-state index >= 15 is 0 Å². The Kier molecular flexibility index (Phi) is 11.4. The molecule has 1 saturated carbocycles. The molecule has 9 unspecified atom stereocenters. The minimum absolute atomic E-state index is 0.153. The van der Waals surface area contributed by atoms with Gasteiger partial charge in [0.25, 0.3) is 0 Å². The molecule has 3 rings (SSSR count). The lowest BCUT2D eigenvalue weighted by atomic mass is 9.44. The first-order chi connectivity index (χ1) is 20.3. The average molecular weight is 605 g/mol. The summed E-state index contributed by atoms with van der Waals surface area (Å²) in [5, 5.41) is 0. The van der Waals surface area contributed by atoms with Gasteiger partial charge in [0.1, 0.15) is 11.5 Å². The van der Waals surface area contributed by atoms with Crippen LogP contribution < -0.4 is 0 Å². The molecule has 1 aliphatic heterocycles. The summed E-state index contributed by atoms with van der Waals surface area (Å²) in [5.41, 5.74) is -0.572. The maximum absolute atomic E-state index is 13.1. The first-order valence-electron chi connectivity index (χ1n) is 15.2. The van der Waals surface area contributed by atoms with Crippen LogP contribution in [-0.2, 0) is 47.6 Å². The second-order valence-corrected chi connectivity index (χ2v) is 12.2. The average Bonchev–Trinajstić information content (AvgIpc) is 3.23. The highest BCUT2D eigenvalue weighted by Gasteiger charge is 2.75. The Morgan fingerprint density at radius 1 is 1.00 bits per heavy atom. The van der Waals surface area contributed by atoms with E-state index in [9.17, 15) is 19.2 Å². The molecule has 10 nitrogen and oxygen atoms in total. The monoisotopic (exact) mass is 604 g/mol. The summed E-state index contributed by atoms with van der Waals surface area (Å²) in [7, 11) is 1.59. The molecular weight excluding hydrogens is 556 g/mol. The fraction of sp³-hybridized carbons (Fsp3) is 0.697. The number of rotatable bonds is 12. The van der Waals surface area contributed by atoms with Crippen LogP contribution in [0.3, 0.4) is 0 Å². The van der Waals surface area contributed by atoms with Crippen LogP contribution in [0.4, 0.5) is 0 Å². The minimum atomic E-state index is -1.36. The summed E-state index contributed by atoms with van der Waals surface area (Å²) in [6.45, 7) is 16.2. The molecule has 240 valence electrons. The van der Waals surface area contributed by atoms with E-state index in [1.54, 1.807) is 13.2 Å². The van der Waals surface area contributed by atoms with E-state index < -0.39 is 71.5 Å². The van der Waals surface area contributed by atoms with Crippen molar-refractivity contribution in [2.75, 3.05) is 7.11 Å². The van der Waals surface area contributed by atoms with Gasteiger partial charge in [-0.1, -0.05) is 52.0 Å². The summed E-state index contributed by atoms with van der Waals surface area (Å²) < 4.78 is 36.2. The smallest absolute Gasteiger partial charge is 0.308 e. The molecule has 2 fully saturated rings. The molecular formula is C33H48O10. The maximum atomic E-state index is 13.1.